The first-order chi connectivity index (χ1) is 19.8. The number of rotatable bonds is 4. The van der Waals surface area contributed by atoms with Crippen LogP contribution in [0.1, 0.15) is 0 Å². The van der Waals surface area contributed by atoms with Gasteiger partial charge in [-0.1, -0.05) is 97.1 Å². The van der Waals surface area contributed by atoms with E-state index in [1.807, 2.05) is 18.2 Å². The maximum Gasteiger partial charge on any atom is 0.161 e. The molecule has 0 radical (unpaired) electrons. The van der Waals surface area contributed by atoms with Crippen molar-refractivity contribution in [1.29, 1.82) is 0 Å². The Hall–Kier alpha value is -5.13. The smallest absolute Gasteiger partial charge is 0.161 e. The van der Waals surface area contributed by atoms with E-state index in [-0.39, 0.29) is 0 Å². The van der Waals surface area contributed by atoms with Crippen LogP contribution in [0.5, 0.6) is 0 Å². The van der Waals surface area contributed by atoms with Crippen molar-refractivity contribution in [1.82, 2.24) is 19.5 Å². The molecule has 40 heavy (non-hydrogen) atoms. The van der Waals surface area contributed by atoms with E-state index < -0.39 is 0 Å². The Balaban J connectivity index is 1.35. The minimum absolute atomic E-state index is 0.710. The largest absolute Gasteiger partial charge is 0.292 e. The van der Waals surface area contributed by atoms with E-state index in [9.17, 15) is 0 Å². The molecule has 3 aromatic heterocycles. The van der Waals surface area contributed by atoms with Crippen molar-refractivity contribution in [2.24, 2.45) is 0 Å². The van der Waals surface area contributed by atoms with Crippen molar-refractivity contribution in [2.75, 3.05) is 0 Å². The molecule has 3 heterocycles. The van der Waals surface area contributed by atoms with Gasteiger partial charge in [0.05, 0.1) is 16.7 Å². The van der Waals surface area contributed by atoms with Crippen LogP contribution in [0.2, 0.25) is 0 Å². The van der Waals surface area contributed by atoms with Gasteiger partial charge in [-0.3, -0.25) is 4.57 Å². The molecular formula is C35H22N4S. The summed E-state index contributed by atoms with van der Waals surface area (Å²) in [5, 5.41) is 2.30. The third kappa shape index (κ3) is 3.71. The quantitative estimate of drug-likeness (QED) is 0.228. The van der Waals surface area contributed by atoms with Gasteiger partial charge in [-0.05, 0) is 36.4 Å². The second-order valence-corrected chi connectivity index (χ2v) is 10.7. The minimum atomic E-state index is 0.710. The number of fused-ring (bicyclic) bond motifs is 4. The van der Waals surface area contributed by atoms with E-state index in [0.29, 0.717) is 5.82 Å². The van der Waals surface area contributed by atoms with Crippen LogP contribution in [0.3, 0.4) is 0 Å². The predicted molar refractivity (Wildman–Crippen MR) is 166 cm³/mol. The van der Waals surface area contributed by atoms with Gasteiger partial charge in [0.1, 0.15) is 10.7 Å². The molecule has 8 rings (SSSR count). The highest BCUT2D eigenvalue weighted by Gasteiger charge is 2.18. The average Bonchev–Trinajstić information content (AvgIpc) is 3.60. The lowest BCUT2D eigenvalue weighted by Crippen LogP contribution is -1.98. The topological polar surface area (TPSA) is 43.6 Å². The van der Waals surface area contributed by atoms with Crippen LogP contribution in [-0.4, -0.2) is 19.5 Å². The second kappa shape index (κ2) is 9.26. The van der Waals surface area contributed by atoms with Crippen molar-refractivity contribution in [3.05, 3.63) is 133 Å². The van der Waals surface area contributed by atoms with Gasteiger partial charge in [0.2, 0.25) is 0 Å². The zero-order chi connectivity index (χ0) is 26.5. The van der Waals surface area contributed by atoms with E-state index >= 15 is 0 Å². The van der Waals surface area contributed by atoms with Crippen molar-refractivity contribution >= 4 is 42.7 Å². The minimum Gasteiger partial charge on any atom is -0.292 e. The molecule has 5 heteroatoms. The lowest BCUT2D eigenvalue weighted by atomic mass is 10.0. The standard InChI is InChI=1S/C35H22N4S/c1-3-12-23(13-4-1)32-31-27-18-7-10-21-30(27)40-35(31)38-33(37-32)24-14-11-15-25(22-24)34-36-28-19-8-9-20-29(28)39(34)26-16-5-2-6-17-26/h1-22H. The van der Waals surface area contributed by atoms with E-state index in [0.717, 1.165) is 55.1 Å². The van der Waals surface area contributed by atoms with Crippen molar-refractivity contribution in [3.63, 3.8) is 0 Å². The lowest BCUT2D eigenvalue weighted by molar-refractivity contribution is 1.10. The van der Waals surface area contributed by atoms with Crippen LogP contribution in [0.25, 0.3) is 71.1 Å². The number of imidazole rings is 1. The highest BCUT2D eigenvalue weighted by Crippen LogP contribution is 2.39. The molecule has 8 aromatic rings. The molecule has 0 aliphatic carbocycles. The molecule has 0 bridgehead atoms. The molecule has 5 aromatic carbocycles. The summed E-state index contributed by atoms with van der Waals surface area (Å²) in [6.07, 6.45) is 0. The van der Waals surface area contributed by atoms with E-state index in [1.165, 1.54) is 10.1 Å². The molecule has 0 unspecified atom stereocenters. The van der Waals surface area contributed by atoms with Gasteiger partial charge in [-0.15, -0.1) is 11.3 Å². The van der Waals surface area contributed by atoms with E-state index in [4.69, 9.17) is 15.0 Å². The number of thiophene rings is 1. The molecule has 0 atom stereocenters. The van der Waals surface area contributed by atoms with Crippen LogP contribution in [0.4, 0.5) is 0 Å². The zero-order valence-corrected chi connectivity index (χ0v) is 22.2. The summed E-state index contributed by atoms with van der Waals surface area (Å²) in [7, 11) is 0. The molecule has 0 saturated heterocycles. The Labute approximate surface area is 234 Å². The fourth-order valence-electron chi connectivity index (χ4n) is 5.41. The van der Waals surface area contributed by atoms with Crippen LogP contribution in [0, 0.1) is 0 Å². The summed E-state index contributed by atoms with van der Waals surface area (Å²) < 4.78 is 3.44. The molecular weight excluding hydrogens is 508 g/mol. The summed E-state index contributed by atoms with van der Waals surface area (Å²) >= 11 is 1.72. The summed E-state index contributed by atoms with van der Waals surface area (Å²) in [6, 6.07) is 46.0. The number of hydrogen-bond acceptors (Lipinski definition) is 4. The van der Waals surface area contributed by atoms with Crippen LogP contribution >= 0.6 is 11.3 Å². The Morgan fingerprint density at radius 3 is 2.12 bits per heavy atom. The molecule has 4 nitrogen and oxygen atoms in total. The first kappa shape index (κ1) is 22.8. The van der Waals surface area contributed by atoms with Crippen LogP contribution in [-0.2, 0) is 0 Å². The van der Waals surface area contributed by atoms with Crippen LogP contribution in [0.15, 0.2) is 133 Å². The van der Waals surface area contributed by atoms with E-state index in [1.54, 1.807) is 11.3 Å². The maximum absolute atomic E-state index is 5.19. The SMILES string of the molecule is c1ccc(-c2nc(-c3cccc(-c4nc5ccccc5n4-c4ccccc4)c3)nc3sc4ccccc4c23)cc1. The van der Waals surface area contributed by atoms with E-state index in [2.05, 4.69) is 120 Å². The van der Waals surface area contributed by atoms with Gasteiger partial charge < -0.3 is 0 Å². The fraction of sp³-hybridized carbons (Fsp3) is 0. The van der Waals surface area contributed by atoms with Crippen LogP contribution < -0.4 is 0 Å². The van der Waals surface area contributed by atoms with Gasteiger partial charge in [0, 0.05) is 37.9 Å². The zero-order valence-electron chi connectivity index (χ0n) is 21.4. The number of hydrogen-bond donors (Lipinski definition) is 0. The molecule has 0 saturated carbocycles. The van der Waals surface area contributed by atoms with Crippen molar-refractivity contribution in [3.8, 4) is 39.7 Å². The Morgan fingerprint density at radius 1 is 0.550 bits per heavy atom. The molecule has 0 spiro atoms. The highest BCUT2D eigenvalue weighted by atomic mass is 32.1. The molecule has 0 N–H and O–H groups in total. The Morgan fingerprint density at radius 2 is 1.25 bits per heavy atom. The van der Waals surface area contributed by atoms with Crippen molar-refractivity contribution < 1.29 is 0 Å². The molecule has 188 valence electrons. The summed E-state index contributed by atoms with van der Waals surface area (Å²) in [6.45, 7) is 0. The van der Waals surface area contributed by atoms with Gasteiger partial charge in [0.15, 0.2) is 5.82 Å². The Kier molecular flexibility index (Phi) is 5.28. The van der Waals surface area contributed by atoms with Gasteiger partial charge in [0.25, 0.3) is 0 Å². The maximum atomic E-state index is 5.19. The first-order valence-corrected chi connectivity index (χ1v) is 14.0. The average molecular weight is 531 g/mol. The predicted octanol–water partition coefficient (Wildman–Crippen LogP) is 9.18. The molecule has 0 aliphatic heterocycles. The molecule has 0 fully saturated rings. The Bertz CT molecular complexity index is 2160. The van der Waals surface area contributed by atoms with Crippen molar-refractivity contribution in [2.45, 2.75) is 0 Å². The number of benzene rings is 5. The lowest BCUT2D eigenvalue weighted by Gasteiger charge is -2.11. The molecule has 0 amide bonds. The van der Waals surface area contributed by atoms with Gasteiger partial charge in [-0.2, -0.15) is 0 Å². The molecule has 0 aliphatic rings. The number of para-hydroxylation sites is 3. The summed E-state index contributed by atoms with van der Waals surface area (Å²) in [4.78, 5) is 16.4. The summed E-state index contributed by atoms with van der Waals surface area (Å²) in [5.74, 6) is 1.60. The monoisotopic (exact) mass is 530 g/mol. The second-order valence-electron chi connectivity index (χ2n) is 9.72. The fourth-order valence-corrected chi connectivity index (χ4v) is 6.49. The third-order valence-electron chi connectivity index (χ3n) is 7.24. The summed E-state index contributed by atoms with van der Waals surface area (Å²) in [5.41, 5.74) is 7.12. The normalized spacial score (nSPS) is 11.5. The highest BCUT2D eigenvalue weighted by molar-refractivity contribution is 7.25. The number of aromatic nitrogens is 4. The van der Waals surface area contributed by atoms with Gasteiger partial charge >= 0.3 is 0 Å². The number of nitrogens with zero attached hydrogens (tertiary/aromatic N) is 4. The third-order valence-corrected chi connectivity index (χ3v) is 8.30. The van der Waals surface area contributed by atoms with Gasteiger partial charge in [-0.25, -0.2) is 15.0 Å². The first-order valence-electron chi connectivity index (χ1n) is 13.2.